The molecule has 5 nitrogen and oxygen atoms in total. The number of nitrogens with one attached hydrogen (secondary N) is 1. The highest BCUT2D eigenvalue weighted by Crippen LogP contribution is 2.41. The lowest BCUT2D eigenvalue weighted by Crippen LogP contribution is -2.15. The Bertz CT molecular complexity index is 1130. The predicted octanol–water partition coefficient (Wildman–Crippen LogP) is 5.89. The van der Waals surface area contributed by atoms with Crippen LogP contribution >= 0.6 is 0 Å². The van der Waals surface area contributed by atoms with Gasteiger partial charge in [0.15, 0.2) is 5.75 Å². The number of anilines is 1. The Kier molecular flexibility index (Phi) is 6.74. The Balaban J connectivity index is 1.83. The molecule has 0 atom stereocenters. The fraction of sp³-hybridized carbons (Fsp3) is 0.333. The number of hydrogen-bond acceptors (Lipinski definition) is 4. The third-order valence-electron chi connectivity index (χ3n) is 5.95. The summed E-state index contributed by atoms with van der Waals surface area (Å²) < 4.78 is 11.3. The van der Waals surface area contributed by atoms with Crippen LogP contribution in [0.3, 0.4) is 0 Å². The van der Waals surface area contributed by atoms with Crippen molar-refractivity contribution in [3.63, 3.8) is 0 Å². The molecule has 166 valence electrons. The highest BCUT2D eigenvalue weighted by atomic mass is 16.5. The average molecular weight is 432 g/mol. The third kappa shape index (κ3) is 5.10. The number of fused-ring (bicyclic) bond motifs is 1. The van der Waals surface area contributed by atoms with Crippen LogP contribution < -0.4 is 10.1 Å². The smallest absolute Gasteiger partial charge is 0.305 e. The van der Waals surface area contributed by atoms with Gasteiger partial charge in [-0.05, 0) is 72.2 Å². The first-order valence-electron chi connectivity index (χ1n) is 11.2. The summed E-state index contributed by atoms with van der Waals surface area (Å²) in [5, 5.41) is 5.26. The number of carbonyl (C=O) groups is 2. The first-order valence-corrected chi connectivity index (χ1v) is 11.2. The average Bonchev–Trinajstić information content (AvgIpc) is 3.31. The van der Waals surface area contributed by atoms with Gasteiger partial charge in [-0.15, -0.1) is 0 Å². The van der Waals surface area contributed by atoms with Gasteiger partial charge in [-0.25, -0.2) is 0 Å². The SMILES string of the molecule is COC(=O)CCc1cc(NC(C)=O)c(OC2CCCC2)c(-c2ccc3ccccc3c2)c1. The van der Waals surface area contributed by atoms with Gasteiger partial charge >= 0.3 is 5.97 Å². The van der Waals surface area contributed by atoms with Crippen molar-refractivity contribution in [3.8, 4) is 16.9 Å². The van der Waals surface area contributed by atoms with E-state index in [2.05, 4.69) is 41.7 Å². The molecule has 32 heavy (non-hydrogen) atoms. The van der Waals surface area contributed by atoms with Crippen LogP contribution in [0, 0.1) is 0 Å². The Labute approximate surface area is 188 Å². The van der Waals surface area contributed by atoms with Crippen molar-refractivity contribution in [2.45, 2.75) is 51.6 Å². The molecule has 5 heteroatoms. The topological polar surface area (TPSA) is 64.6 Å². The van der Waals surface area contributed by atoms with Gasteiger partial charge in [-0.3, -0.25) is 9.59 Å². The number of rotatable bonds is 7. The minimum atomic E-state index is -0.260. The molecular formula is C27H29NO4. The molecule has 1 N–H and O–H groups in total. The van der Waals surface area contributed by atoms with Crippen molar-refractivity contribution in [2.24, 2.45) is 0 Å². The maximum atomic E-state index is 12.0. The predicted molar refractivity (Wildman–Crippen MR) is 127 cm³/mol. The van der Waals surface area contributed by atoms with Crippen molar-refractivity contribution >= 4 is 28.3 Å². The maximum absolute atomic E-state index is 12.0. The van der Waals surface area contributed by atoms with Gasteiger partial charge < -0.3 is 14.8 Å². The first-order chi connectivity index (χ1) is 15.5. The van der Waals surface area contributed by atoms with Crippen molar-refractivity contribution in [2.75, 3.05) is 12.4 Å². The van der Waals surface area contributed by atoms with E-state index in [1.165, 1.54) is 19.4 Å². The molecule has 0 aliphatic heterocycles. The summed E-state index contributed by atoms with van der Waals surface area (Å²) in [5.41, 5.74) is 3.54. The molecule has 1 amide bonds. The number of carbonyl (C=O) groups excluding carboxylic acids is 2. The summed E-state index contributed by atoms with van der Waals surface area (Å²) in [6.07, 6.45) is 5.27. The van der Waals surface area contributed by atoms with Gasteiger partial charge in [0.2, 0.25) is 5.91 Å². The molecule has 0 radical (unpaired) electrons. The Morgan fingerprint density at radius 3 is 2.47 bits per heavy atom. The number of methoxy groups -OCH3 is 1. The zero-order chi connectivity index (χ0) is 22.5. The van der Waals surface area contributed by atoms with Gasteiger partial charge in [0.1, 0.15) is 0 Å². The molecule has 1 saturated carbocycles. The molecule has 0 saturated heterocycles. The highest BCUT2D eigenvalue weighted by Gasteiger charge is 2.22. The zero-order valence-corrected chi connectivity index (χ0v) is 18.6. The number of ether oxygens (including phenoxy) is 2. The second-order valence-corrected chi connectivity index (χ2v) is 8.36. The van der Waals surface area contributed by atoms with Crippen LogP contribution in [0.25, 0.3) is 21.9 Å². The lowest BCUT2D eigenvalue weighted by atomic mass is 9.96. The highest BCUT2D eigenvalue weighted by molar-refractivity contribution is 5.95. The second-order valence-electron chi connectivity index (χ2n) is 8.36. The molecule has 1 fully saturated rings. The first kappa shape index (κ1) is 21.9. The Morgan fingerprint density at radius 1 is 1.00 bits per heavy atom. The summed E-state index contributed by atoms with van der Waals surface area (Å²) in [5.74, 6) is 0.282. The number of aryl methyl sites for hydroxylation is 1. The van der Waals surface area contributed by atoms with E-state index < -0.39 is 0 Å². The summed E-state index contributed by atoms with van der Waals surface area (Å²) in [4.78, 5) is 23.7. The molecule has 0 bridgehead atoms. The number of benzene rings is 3. The molecule has 0 heterocycles. The van der Waals surface area contributed by atoms with Crippen LogP contribution in [-0.4, -0.2) is 25.1 Å². The van der Waals surface area contributed by atoms with Crippen LogP contribution in [0.5, 0.6) is 5.75 Å². The van der Waals surface area contributed by atoms with Gasteiger partial charge in [0, 0.05) is 18.9 Å². The molecule has 1 aliphatic carbocycles. The molecular weight excluding hydrogens is 402 g/mol. The maximum Gasteiger partial charge on any atom is 0.305 e. The van der Waals surface area contributed by atoms with E-state index in [1.807, 2.05) is 18.2 Å². The van der Waals surface area contributed by atoms with E-state index in [-0.39, 0.29) is 24.4 Å². The van der Waals surface area contributed by atoms with Crippen LogP contribution in [0.1, 0.15) is 44.6 Å². The van der Waals surface area contributed by atoms with E-state index in [9.17, 15) is 9.59 Å². The van der Waals surface area contributed by atoms with E-state index >= 15 is 0 Å². The monoisotopic (exact) mass is 431 g/mol. The molecule has 1 aliphatic rings. The Morgan fingerprint density at radius 2 is 1.75 bits per heavy atom. The van der Waals surface area contributed by atoms with Crippen LogP contribution in [0.2, 0.25) is 0 Å². The fourth-order valence-corrected chi connectivity index (χ4v) is 4.34. The minimum Gasteiger partial charge on any atom is -0.488 e. The van der Waals surface area contributed by atoms with Crippen molar-refractivity contribution < 1.29 is 19.1 Å². The fourth-order valence-electron chi connectivity index (χ4n) is 4.34. The standard InChI is InChI=1S/C27H29NO4/c1-18(29)28-25-16-19(11-14-26(30)31-2)15-24(27(25)32-23-9-5-6-10-23)22-13-12-20-7-3-4-8-21(20)17-22/h3-4,7-8,12-13,15-17,23H,5-6,9-11,14H2,1-2H3,(H,28,29). The summed E-state index contributed by atoms with van der Waals surface area (Å²) >= 11 is 0. The van der Waals surface area contributed by atoms with Gasteiger partial charge in [-0.1, -0.05) is 36.4 Å². The Hall–Kier alpha value is -3.34. The van der Waals surface area contributed by atoms with E-state index in [0.29, 0.717) is 17.9 Å². The largest absolute Gasteiger partial charge is 0.488 e. The van der Waals surface area contributed by atoms with Crippen molar-refractivity contribution in [1.29, 1.82) is 0 Å². The summed E-state index contributed by atoms with van der Waals surface area (Å²) in [6.45, 7) is 1.50. The molecule has 4 rings (SSSR count). The van der Waals surface area contributed by atoms with E-state index in [1.54, 1.807) is 0 Å². The van der Waals surface area contributed by atoms with Crippen molar-refractivity contribution in [3.05, 3.63) is 60.2 Å². The normalized spacial score (nSPS) is 13.8. The van der Waals surface area contributed by atoms with Crippen molar-refractivity contribution in [1.82, 2.24) is 0 Å². The quantitative estimate of drug-likeness (QED) is 0.474. The zero-order valence-electron chi connectivity index (χ0n) is 18.6. The van der Waals surface area contributed by atoms with Crippen LogP contribution in [0.15, 0.2) is 54.6 Å². The van der Waals surface area contributed by atoms with E-state index in [0.717, 1.165) is 47.8 Å². The minimum absolute atomic E-state index is 0.141. The number of esters is 1. The molecule has 0 aromatic heterocycles. The number of hydrogen-bond donors (Lipinski definition) is 1. The molecule has 3 aromatic carbocycles. The van der Waals surface area contributed by atoms with Crippen LogP contribution in [0.4, 0.5) is 5.69 Å². The van der Waals surface area contributed by atoms with Gasteiger partial charge in [0.25, 0.3) is 0 Å². The van der Waals surface area contributed by atoms with E-state index in [4.69, 9.17) is 9.47 Å². The third-order valence-corrected chi connectivity index (χ3v) is 5.95. The molecule has 3 aromatic rings. The molecule has 0 unspecified atom stereocenters. The molecule has 0 spiro atoms. The van der Waals surface area contributed by atoms with Crippen LogP contribution in [-0.2, 0) is 20.7 Å². The van der Waals surface area contributed by atoms with Gasteiger partial charge in [0.05, 0.1) is 18.9 Å². The summed E-state index contributed by atoms with van der Waals surface area (Å²) in [7, 11) is 1.39. The van der Waals surface area contributed by atoms with Gasteiger partial charge in [-0.2, -0.15) is 0 Å². The lowest BCUT2D eigenvalue weighted by molar-refractivity contribution is -0.140. The second kappa shape index (κ2) is 9.86. The summed E-state index contributed by atoms with van der Waals surface area (Å²) in [6, 6.07) is 18.5. The lowest BCUT2D eigenvalue weighted by Gasteiger charge is -2.22. The number of amides is 1.